The molecule has 104 valence electrons. The van der Waals surface area contributed by atoms with Gasteiger partial charge in [-0.3, -0.25) is 9.59 Å². The van der Waals surface area contributed by atoms with Gasteiger partial charge >= 0.3 is 0 Å². The van der Waals surface area contributed by atoms with Crippen LogP contribution >= 0.6 is 27.5 Å². The predicted molar refractivity (Wildman–Crippen MR) is 79.4 cm³/mol. The van der Waals surface area contributed by atoms with Crippen molar-refractivity contribution in [3.63, 3.8) is 0 Å². The van der Waals surface area contributed by atoms with Crippen LogP contribution in [0.3, 0.4) is 0 Å². The van der Waals surface area contributed by atoms with Gasteiger partial charge in [0.1, 0.15) is 6.04 Å². The lowest BCUT2D eigenvalue weighted by molar-refractivity contribution is -0.123. The summed E-state index contributed by atoms with van der Waals surface area (Å²) in [6.45, 7) is 5.34. The highest BCUT2D eigenvalue weighted by atomic mass is 79.9. The Labute approximate surface area is 126 Å². The molecule has 0 aliphatic rings. The Bertz CT molecular complexity index is 492. The second-order valence-corrected chi connectivity index (χ2v) is 5.69. The van der Waals surface area contributed by atoms with Gasteiger partial charge in [0.05, 0.1) is 10.6 Å². The predicted octanol–water partition coefficient (Wildman–Crippen LogP) is 2.75. The maximum absolute atomic E-state index is 12.0. The first-order valence-corrected chi connectivity index (χ1v) is 7.05. The normalized spacial score (nSPS) is 12.1. The quantitative estimate of drug-likeness (QED) is 0.880. The number of rotatable bonds is 4. The molecule has 19 heavy (non-hydrogen) atoms. The van der Waals surface area contributed by atoms with Crippen molar-refractivity contribution < 1.29 is 9.59 Å². The largest absolute Gasteiger partial charge is 0.352 e. The van der Waals surface area contributed by atoms with Crippen molar-refractivity contribution in [2.24, 2.45) is 0 Å². The first-order valence-electron chi connectivity index (χ1n) is 5.88. The highest BCUT2D eigenvalue weighted by Crippen LogP contribution is 2.25. The van der Waals surface area contributed by atoms with E-state index in [4.69, 9.17) is 11.6 Å². The lowest BCUT2D eigenvalue weighted by Gasteiger charge is -2.16. The van der Waals surface area contributed by atoms with E-state index in [9.17, 15) is 9.59 Å². The first kappa shape index (κ1) is 16.0. The molecule has 0 saturated carbocycles. The average molecular weight is 348 g/mol. The molecule has 2 amide bonds. The third-order valence-corrected chi connectivity index (χ3v) is 3.66. The van der Waals surface area contributed by atoms with E-state index < -0.39 is 6.04 Å². The maximum atomic E-state index is 12.0. The molecule has 0 fully saturated rings. The molecule has 0 bridgehead atoms. The Hall–Kier alpha value is -1.07. The number of halogens is 2. The molecule has 4 nitrogen and oxygen atoms in total. The van der Waals surface area contributed by atoms with Gasteiger partial charge in [0.15, 0.2) is 0 Å². The van der Waals surface area contributed by atoms with Crippen LogP contribution in [-0.2, 0) is 4.79 Å². The van der Waals surface area contributed by atoms with Gasteiger partial charge in [-0.25, -0.2) is 0 Å². The standard InChI is InChI=1S/C13H16BrClN2O2/c1-7(2)16-12(18)8(3)17-13(19)9-5-4-6-10(14)11(9)15/h4-8H,1-3H3,(H,16,18)(H,17,19). The van der Waals surface area contributed by atoms with Gasteiger partial charge in [-0.15, -0.1) is 0 Å². The molecule has 1 unspecified atom stereocenters. The second-order valence-electron chi connectivity index (χ2n) is 4.46. The van der Waals surface area contributed by atoms with Gasteiger partial charge < -0.3 is 10.6 Å². The molecule has 0 spiro atoms. The van der Waals surface area contributed by atoms with Crippen LogP contribution in [0.25, 0.3) is 0 Å². The molecule has 1 rings (SSSR count). The summed E-state index contributed by atoms with van der Waals surface area (Å²) in [4.78, 5) is 23.7. The smallest absolute Gasteiger partial charge is 0.253 e. The van der Waals surface area contributed by atoms with Crippen LogP contribution in [0, 0.1) is 0 Å². The Balaban J connectivity index is 2.74. The van der Waals surface area contributed by atoms with Gasteiger partial charge in [-0.2, -0.15) is 0 Å². The summed E-state index contributed by atoms with van der Waals surface area (Å²) in [7, 11) is 0. The van der Waals surface area contributed by atoms with Crippen molar-refractivity contribution in [3.8, 4) is 0 Å². The molecule has 0 saturated heterocycles. The third-order valence-electron chi connectivity index (χ3n) is 2.37. The van der Waals surface area contributed by atoms with Crippen LogP contribution in [0.2, 0.25) is 5.02 Å². The number of carbonyl (C=O) groups excluding carboxylic acids is 2. The molecule has 6 heteroatoms. The third kappa shape index (κ3) is 4.51. The highest BCUT2D eigenvalue weighted by Gasteiger charge is 2.19. The number of hydrogen-bond donors (Lipinski definition) is 2. The van der Waals surface area contributed by atoms with Crippen molar-refractivity contribution >= 4 is 39.3 Å². The fourth-order valence-corrected chi connectivity index (χ4v) is 2.01. The number of carbonyl (C=O) groups is 2. The molecule has 1 aromatic carbocycles. The van der Waals surface area contributed by atoms with Gasteiger partial charge in [0.25, 0.3) is 5.91 Å². The fourth-order valence-electron chi connectivity index (χ4n) is 1.43. The summed E-state index contributed by atoms with van der Waals surface area (Å²) >= 11 is 9.28. The number of benzene rings is 1. The molecule has 1 aromatic rings. The van der Waals surface area contributed by atoms with Crippen LogP contribution in [0.4, 0.5) is 0 Å². The van der Waals surface area contributed by atoms with E-state index in [2.05, 4.69) is 26.6 Å². The Morgan fingerprint density at radius 1 is 1.21 bits per heavy atom. The monoisotopic (exact) mass is 346 g/mol. The second kappa shape index (κ2) is 6.91. The lowest BCUT2D eigenvalue weighted by Crippen LogP contribution is -2.46. The van der Waals surface area contributed by atoms with E-state index in [1.807, 2.05) is 13.8 Å². The lowest BCUT2D eigenvalue weighted by atomic mass is 10.2. The molecule has 2 N–H and O–H groups in total. The zero-order chi connectivity index (χ0) is 14.6. The van der Waals surface area contributed by atoms with E-state index in [-0.39, 0.29) is 17.9 Å². The van der Waals surface area contributed by atoms with E-state index in [1.54, 1.807) is 25.1 Å². The van der Waals surface area contributed by atoms with Crippen molar-refractivity contribution in [2.45, 2.75) is 32.9 Å². The van der Waals surface area contributed by atoms with Crippen LogP contribution in [0.1, 0.15) is 31.1 Å². The topological polar surface area (TPSA) is 58.2 Å². The summed E-state index contributed by atoms with van der Waals surface area (Å²) < 4.78 is 0.640. The molecule has 0 aliphatic heterocycles. The zero-order valence-corrected chi connectivity index (χ0v) is 13.3. The average Bonchev–Trinajstić information content (AvgIpc) is 2.31. The summed E-state index contributed by atoms with van der Waals surface area (Å²) in [6, 6.07) is 4.47. The molecular formula is C13H16BrClN2O2. The molecule has 0 radical (unpaired) electrons. The van der Waals surface area contributed by atoms with Crippen LogP contribution in [0.5, 0.6) is 0 Å². The maximum Gasteiger partial charge on any atom is 0.253 e. The van der Waals surface area contributed by atoms with Gasteiger partial charge in [-0.05, 0) is 48.8 Å². The van der Waals surface area contributed by atoms with E-state index >= 15 is 0 Å². The molecule has 1 atom stereocenters. The minimum Gasteiger partial charge on any atom is -0.352 e. The number of amides is 2. The van der Waals surface area contributed by atoms with Crippen molar-refractivity contribution in [1.29, 1.82) is 0 Å². The summed E-state index contributed by atoms with van der Waals surface area (Å²) in [5, 5.41) is 5.67. The molecule has 0 heterocycles. The Morgan fingerprint density at radius 3 is 2.42 bits per heavy atom. The van der Waals surface area contributed by atoms with Gasteiger partial charge in [0.2, 0.25) is 5.91 Å². The molecule has 0 aromatic heterocycles. The SMILES string of the molecule is CC(C)NC(=O)C(C)NC(=O)c1cccc(Br)c1Cl. The summed E-state index contributed by atoms with van der Waals surface area (Å²) in [5.74, 6) is -0.604. The van der Waals surface area contributed by atoms with Gasteiger partial charge in [0, 0.05) is 10.5 Å². The van der Waals surface area contributed by atoms with Crippen LogP contribution < -0.4 is 10.6 Å². The zero-order valence-electron chi connectivity index (χ0n) is 11.0. The van der Waals surface area contributed by atoms with Crippen LogP contribution in [0.15, 0.2) is 22.7 Å². The van der Waals surface area contributed by atoms with E-state index in [1.165, 1.54) is 0 Å². The van der Waals surface area contributed by atoms with E-state index in [0.29, 0.717) is 15.1 Å². The first-order chi connectivity index (χ1) is 8.82. The minimum absolute atomic E-state index is 0.0290. The fraction of sp³-hybridized carbons (Fsp3) is 0.385. The van der Waals surface area contributed by atoms with Crippen LogP contribution in [-0.4, -0.2) is 23.9 Å². The molecule has 0 aliphatic carbocycles. The summed E-state index contributed by atoms with van der Waals surface area (Å²) in [5.41, 5.74) is 0.334. The minimum atomic E-state index is -0.620. The molecular weight excluding hydrogens is 332 g/mol. The van der Waals surface area contributed by atoms with Crippen molar-refractivity contribution in [1.82, 2.24) is 10.6 Å². The number of hydrogen-bond acceptors (Lipinski definition) is 2. The Morgan fingerprint density at radius 2 is 1.84 bits per heavy atom. The van der Waals surface area contributed by atoms with E-state index in [0.717, 1.165) is 0 Å². The van der Waals surface area contributed by atoms with Crippen molar-refractivity contribution in [3.05, 3.63) is 33.3 Å². The van der Waals surface area contributed by atoms with Crippen molar-refractivity contribution in [2.75, 3.05) is 0 Å². The summed E-state index contributed by atoms with van der Waals surface area (Å²) in [6.07, 6.45) is 0. The number of nitrogens with one attached hydrogen (secondary N) is 2. The van der Waals surface area contributed by atoms with Gasteiger partial charge in [-0.1, -0.05) is 17.7 Å². The Kier molecular flexibility index (Phi) is 5.82. The highest BCUT2D eigenvalue weighted by molar-refractivity contribution is 9.10.